The Morgan fingerprint density at radius 3 is 2.97 bits per heavy atom. The van der Waals surface area contributed by atoms with E-state index in [9.17, 15) is 4.79 Å². The van der Waals surface area contributed by atoms with Crippen molar-refractivity contribution in [3.63, 3.8) is 0 Å². The molecule has 6 nitrogen and oxygen atoms in total. The number of hydrogen-bond donors (Lipinski definition) is 1. The summed E-state index contributed by atoms with van der Waals surface area (Å²) < 4.78 is 6.03. The van der Waals surface area contributed by atoms with Gasteiger partial charge in [0.2, 0.25) is 0 Å². The predicted molar refractivity (Wildman–Crippen MR) is 125 cm³/mol. The molecule has 2 aromatic heterocycles. The lowest BCUT2D eigenvalue weighted by Crippen LogP contribution is -2.49. The summed E-state index contributed by atoms with van der Waals surface area (Å²) in [6, 6.07) is 9.96. The number of carbonyl (C=O) groups excluding carboxylic acids is 1. The van der Waals surface area contributed by atoms with Gasteiger partial charge in [0.05, 0.1) is 6.61 Å². The van der Waals surface area contributed by atoms with Gasteiger partial charge >= 0.3 is 6.03 Å². The van der Waals surface area contributed by atoms with E-state index in [4.69, 9.17) is 4.74 Å². The van der Waals surface area contributed by atoms with Crippen LogP contribution in [0, 0.1) is 0 Å². The number of aromatic nitrogens is 2. The minimum Gasteiger partial charge on any atom is -0.493 e. The lowest BCUT2D eigenvalue weighted by Gasteiger charge is -2.36. The number of unbranched alkanes of at least 4 members (excludes halogenated alkanes) is 2. The molecule has 3 heterocycles. The van der Waals surface area contributed by atoms with Crippen LogP contribution in [0.25, 0.3) is 17.1 Å². The lowest BCUT2D eigenvalue weighted by molar-refractivity contribution is 0.192. The molecule has 0 radical (unpaired) electrons. The summed E-state index contributed by atoms with van der Waals surface area (Å²) in [6.45, 7) is 8.76. The van der Waals surface area contributed by atoms with E-state index in [2.05, 4.69) is 23.5 Å². The molecule has 0 spiro atoms. The van der Waals surface area contributed by atoms with Gasteiger partial charge in [0.1, 0.15) is 11.4 Å². The molecule has 1 fully saturated rings. The standard InChI is InChI=1S/C25H30N4O2/c1-3-5-6-16-31-23-17-21(9-8-19(23)4-2)29-15-7-14-28(25(29)30)18-20-10-12-26-24-22(20)11-13-27-24/h4,8-13,17H,2-3,5-7,14-16,18H2,1H3,(H,26,27). The van der Waals surface area contributed by atoms with Gasteiger partial charge in [-0.3, -0.25) is 4.90 Å². The third kappa shape index (κ3) is 4.58. The monoisotopic (exact) mass is 418 g/mol. The Morgan fingerprint density at radius 1 is 1.23 bits per heavy atom. The third-order valence-electron chi connectivity index (χ3n) is 5.76. The molecule has 1 N–H and O–H groups in total. The Balaban J connectivity index is 1.52. The van der Waals surface area contributed by atoms with Crippen molar-refractivity contribution < 1.29 is 9.53 Å². The Kier molecular flexibility index (Phi) is 6.55. The second-order valence-corrected chi connectivity index (χ2v) is 7.90. The van der Waals surface area contributed by atoms with Gasteiger partial charge in [-0.1, -0.05) is 32.4 Å². The minimum absolute atomic E-state index is 0.0232. The second-order valence-electron chi connectivity index (χ2n) is 7.90. The van der Waals surface area contributed by atoms with E-state index in [-0.39, 0.29) is 6.03 Å². The van der Waals surface area contributed by atoms with Gasteiger partial charge in [-0.2, -0.15) is 0 Å². The molecule has 0 aliphatic carbocycles. The number of nitrogens with zero attached hydrogens (tertiary/aromatic N) is 3. The fourth-order valence-electron chi connectivity index (χ4n) is 4.05. The maximum atomic E-state index is 13.3. The number of nitrogens with one attached hydrogen (secondary N) is 1. The highest BCUT2D eigenvalue weighted by molar-refractivity contribution is 5.93. The minimum atomic E-state index is 0.0232. The van der Waals surface area contributed by atoms with E-state index in [0.29, 0.717) is 19.7 Å². The predicted octanol–water partition coefficient (Wildman–Crippen LogP) is 5.61. The van der Waals surface area contributed by atoms with Crippen LogP contribution < -0.4 is 9.64 Å². The number of benzene rings is 1. The summed E-state index contributed by atoms with van der Waals surface area (Å²) in [4.78, 5) is 24.6. The SMILES string of the molecule is C=Cc1ccc(N2CCCN(Cc3ccnc4[nH]ccc34)C2=O)cc1OCCCCC. The van der Waals surface area contributed by atoms with Gasteiger partial charge in [-0.05, 0) is 42.7 Å². The van der Waals surface area contributed by atoms with Gasteiger partial charge in [-0.15, -0.1) is 0 Å². The molecule has 0 atom stereocenters. The number of anilines is 1. The van der Waals surface area contributed by atoms with Crippen LogP contribution in [0.5, 0.6) is 5.75 Å². The number of H-pyrrole nitrogens is 1. The van der Waals surface area contributed by atoms with E-state index in [1.807, 2.05) is 46.3 Å². The van der Waals surface area contributed by atoms with Crippen molar-refractivity contribution in [3.8, 4) is 5.75 Å². The highest BCUT2D eigenvalue weighted by atomic mass is 16.5. The molecule has 1 aliphatic rings. The first-order valence-electron chi connectivity index (χ1n) is 11.1. The number of aromatic amines is 1. The molecule has 1 aliphatic heterocycles. The van der Waals surface area contributed by atoms with Crippen LogP contribution in [0.2, 0.25) is 0 Å². The molecule has 2 amide bonds. The summed E-state index contributed by atoms with van der Waals surface area (Å²) >= 11 is 0. The second kappa shape index (κ2) is 9.69. The summed E-state index contributed by atoms with van der Waals surface area (Å²) in [5.41, 5.74) is 3.77. The zero-order chi connectivity index (χ0) is 21.6. The van der Waals surface area contributed by atoms with Crippen molar-refractivity contribution in [3.05, 3.63) is 60.4 Å². The van der Waals surface area contributed by atoms with Crippen LogP contribution in [0.1, 0.15) is 43.7 Å². The Hall–Kier alpha value is -3.28. The van der Waals surface area contributed by atoms with Crippen LogP contribution in [0.3, 0.4) is 0 Å². The van der Waals surface area contributed by atoms with Gasteiger partial charge in [0, 0.05) is 54.7 Å². The molecule has 0 unspecified atom stereocenters. The van der Waals surface area contributed by atoms with Crippen molar-refractivity contribution in [2.45, 2.75) is 39.2 Å². The van der Waals surface area contributed by atoms with Crippen molar-refractivity contribution >= 4 is 28.8 Å². The number of fused-ring (bicyclic) bond motifs is 1. The zero-order valence-electron chi connectivity index (χ0n) is 18.1. The average Bonchev–Trinajstić information content (AvgIpc) is 3.28. The van der Waals surface area contributed by atoms with Gasteiger partial charge in [0.25, 0.3) is 0 Å². The third-order valence-corrected chi connectivity index (χ3v) is 5.76. The Labute approximate surface area is 183 Å². The van der Waals surface area contributed by atoms with E-state index < -0.39 is 0 Å². The normalized spacial score (nSPS) is 14.3. The Morgan fingerprint density at radius 2 is 2.13 bits per heavy atom. The highest BCUT2D eigenvalue weighted by Gasteiger charge is 2.27. The molecule has 1 aromatic carbocycles. The van der Waals surface area contributed by atoms with Crippen molar-refractivity contribution in [2.24, 2.45) is 0 Å². The number of urea groups is 1. The molecular weight excluding hydrogens is 388 g/mol. The van der Waals surface area contributed by atoms with E-state index in [0.717, 1.165) is 65.8 Å². The highest BCUT2D eigenvalue weighted by Crippen LogP contribution is 2.30. The van der Waals surface area contributed by atoms with E-state index in [1.54, 1.807) is 12.3 Å². The molecule has 0 bridgehead atoms. The summed E-state index contributed by atoms with van der Waals surface area (Å²) in [5.74, 6) is 0.789. The van der Waals surface area contributed by atoms with Gasteiger partial charge < -0.3 is 14.6 Å². The van der Waals surface area contributed by atoms with Crippen LogP contribution in [0.4, 0.5) is 10.5 Å². The maximum absolute atomic E-state index is 13.3. The number of ether oxygens (including phenoxy) is 1. The topological polar surface area (TPSA) is 61.5 Å². The molecule has 3 aromatic rings. The largest absolute Gasteiger partial charge is 0.493 e. The Bertz CT molecular complexity index is 1060. The van der Waals surface area contributed by atoms with Gasteiger partial charge in [0.15, 0.2) is 0 Å². The van der Waals surface area contributed by atoms with Crippen molar-refractivity contribution in [2.75, 3.05) is 24.6 Å². The number of amides is 2. The van der Waals surface area contributed by atoms with Crippen LogP contribution in [0.15, 0.2) is 49.3 Å². The van der Waals surface area contributed by atoms with E-state index in [1.165, 1.54) is 0 Å². The molecule has 162 valence electrons. The van der Waals surface area contributed by atoms with Crippen molar-refractivity contribution in [1.82, 2.24) is 14.9 Å². The first kappa shape index (κ1) is 21.0. The summed E-state index contributed by atoms with van der Waals surface area (Å²) in [6.07, 6.45) is 9.71. The number of carbonyl (C=O) groups is 1. The van der Waals surface area contributed by atoms with Crippen LogP contribution in [-0.4, -0.2) is 40.6 Å². The quantitative estimate of drug-likeness (QED) is 0.460. The molecule has 31 heavy (non-hydrogen) atoms. The zero-order valence-corrected chi connectivity index (χ0v) is 18.1. The summed E-state index contributed by atoms with van der Waals surface area (Å²) in [5, 5.41) is 1.06. The number of rotatable bonds is 9. The lowest BCUT2D eigenvalue weighted by atomic mass is 10.1. The van der Waals surface area contributed by atoms with Crippen molar-refractivity contribution in [1.29, 1.82) is 0 Å². The fourth-order valence-corrected chi connectivity index (χ4v) is 4.05. The van der Waals surface area contributed by atoms with Gasteiger partial charge in [-0.25, -0.2) is 9.78 Å². The summed E-state index contributed by atoms with van der Waals surface area (Å²) in [7, 11) is 0. The fraction of sp³-hybridized carbons (Fsp3) is 0.360. The average molecular weight is 419 g/mol. The molecule has 1 saturated heterocycles. The molecule has 6 heteroatoms. The number of hydrogen-bond acceptors (Lipinski definition) is 3. The molecular formula is C25H30N4O2. The smallest absolute Gasteiger partial charge is 0.324 e. The number of pyridine rings is 1. The van der Waals surface area contributed by atoms with Crippen LogP contribution in [-0.2, 0) is 6.54 Å². The first-order chi connectivity index (χ1) is 15.2. The maximum Gasteiger partial charge on any atom is 0.324 e. The van der Waals surface area contributed by atoms with E-state index >= 15 is 0 Å². The molecule has 0 saturated carbocycles. The van der Waals surface area contributed by atoms with Crippen LogP contribution >= 0.6 is 0 Å². The first-order valence-corrected chi connectivity index (χ1v) is 11.1. The molecule has 4 rings (SSSR count).